The summed E-state index contributed by atoms with van der Waals surface area (Å²) in [6, 6.07) is -0.629. The number of carboxylic acid groups (broad SMARTS) is 1. The van der Waals surface area contributed by atoms with Gasteiger partial charge in [0.1, 0.15) is 0 Å². The maximum absolute atomic E-state index is 11.5. The first-order valence-electron chi connectivity index (χ1n) is 5.61. The van der Waals surface area contributed by atoms with E-state index >= 15 is 0 Å². The fraction of sp³-hybridized carbons (Fsp3) is 0.818. The molecule has 2 unspecified atom stereocenters. The maximum Gasteiger partial charge on any atom is 0.306 e. The molecule has 0 aromatic rings. The Morgan fingerprint density at radius 2 is 1.94 bits per heavy atom. The highest BCUT2D eigenvalue weighted by molar-refractivity contribution is 5.81. The highest BCUT2D eigenvalue weighted by atomic mass is 16.4. The van der Waals surface area contributed by atoms with Crippen molar-refractivity contribution in [1.82, 2.24) is 5.32 Å². The molecule has 0 aromatic carbocycles. The lowest BCUT2D eigenvalue weighted by molar-refractivity contribution is -0.142. The third kappa shape index (κ3) is 7.70. The van der Waals surface area contributed by atoms with E-state index < -0.39 is 24.0 Å². The van der Waals surface area contributed by atoms with Crippen LogP contribution in [0.2, 0.25) is 0 Å². The van der Waals surface area contributed by atoms with Crippen molar-refractivity contribution in [2.45, 2.75) is 45.3 Å². The molecule has 0 saturated heterocycles. The summed E-state index contributed by atoms with van der Waals surface area (Å²) >= 11 is 0. The maximum atomic E-state index is 11.5. The van der Waals surface area contributed by atoms with Crippen LogP contribution in [-0.4, -0.2) is 40.3 Å². The van der Waals surface area contributed by atoms with Crippen LogP contribution < -0.4 is 11.1 Å². The van der Waals surface area contributed by atoms with Gasteiger partial charge in [-0.15, -0.1) is 0 Å². The second-order valence-corrected chi connectivity index (χ2v) is 5.02. The van der Waals surface area contributed by atoms with E-state index in [4.69, 9.17) is 10.8 Å². The molecule has 0 aliphatic carbocycles. The highest BCUT2D eigenvalue weighted by Gasteiger charge is 2.26. The first-order valence-corrected chi connectivity index (χ1v) is 5.61. The number of rotatable bonds is 7. The van der Waals surface area contributed by atoms with Crippen LogP contribution in [-0.2, 0) is 9.59 Å². The number of aliphatic hydroxyl groups is 1. The Balaban J connectivity index is 4.10. The third-order valence-corrected chi connectivity index (χ3v) is 2.24. The molecule has 100 valence electrons. The standard InChI is InChI=1S/C11H22N2O4/c1-7(2)4-8(12)10(16)13-6-11(3,17)5-9(14)15/h7-8,17H,4-6,12H2,1-3H3,(H,13,16)(H,14,15). The van der Waals surface area contributed by atoms with Crippen LogP contribution in [0.5, 0.6) is 0 Å². The van der Waals surface area contributed by atoms with Crippen LogP contribution in [0.3, 0.4) is 0 Å². The van der Waals surface area contributed by atoms with E-state index in [0.717, 1.165) is 0 Å². The lowest BCUT2D eigenvalue weighted by Crippen LogP contribution is -2.48. The number of hydrogen-bond acceptors (Lipinski definition) is 4. The summed E-state index contributed by atoms with van der Waals surface area (Å²) in [6.07, 6.45) is 0.125. The number of aliphatic carboxylic acids is 1. The molecular weight excluding hydrogens is 224 g/mol. The van der Waals surface area contributed by atoms with E-state index in [-0.39, 0.29) is 12.5 Å². The van der Waals surface area contributed by atoms with Gasteiger partial charge in [0.15, 0.2) is 0 Å². The number of carbonyl (C=O) groups excluding carboxylic acids is 1. The van der Waals surface area contributed by atoms with Gasteiger partial charge >= 0.3 is 5.97 Å². The molecule has 0 spiro atoms. The summed E-state index contributed by atoms with van der Waals surface area (Å²) in [6.45, 7) is 5.14. The van der Waals surface area contributed by atoms with E-state index in [1.165, 1.54) is 6.92 Å². The second kappa shape index (κ2) is 6.56. The highest BCUT2D eigenvalue weighted by Crippen LogP contribution is 2.08. The van der Waals surface area contributed by atoms with Crippen LogP contribution >= 0.6 is 0 Å². The number of hydrogen-bond donors (Lipinski definition) is 4. The molecule has 0 radical (unpaired) electrons. The molecule has 6 nitrogen and oxygen atoms in total. The molecular formula is C11H22N2O4. The fourth-order valence-electron chi connectivity index (χ4n) is 1.41. The van der Waals surface area contributed by atoms with Crippen molar-refractivity contribution in [2.24, 2.45) is 11.7 Å². The van der Waals surface area contributed by atoms with Gasteiger partial charge in [-0.3, -0.25) is 9.59 Å². The summed E-state index contributed by atoms with van der Waals surface area (Å²) < 4.78 is 0. The van der Waals surface area contributed by atoms with Crippen molar-refractivity contribution in [3.63, 3.8) is 0 Å². The normalized spacial score (nSPS) is 16.4. The van der Waals surface area contributed by atoms with Crippen molar-refractivity contribution in [3.05, 3.63) is 0 Å². The molecule has 17 heavy (non-hydrogen) atoms. The minimum absolute atomic E-state index is 0.121. The Hall–Kier alpha value is -1.14. The van der Waals surface area contributed by atoms with Gasteiger partial charge in [-0.05, 0) is 19.3 Å². The van der Waals surface area contributed by atoms with Crippen molar-refractivity contribution >= 4 is 11.9 Å². The molecule has 0 aliphatic rings. The van der Waals surface area contributed by atoms with Gasteiger partial charge in [-0.2, -0.15) is 0 Å². The van der Waals surface area contributed by atoms with Gasteiger partial charge in [-0.1, -0.05) is 13.8 Å². The summed E-state index contributed by atoms with van der Waals surface area (Å²) in [5, 5.41) is 20.7. The van der Waals surface area contributed by atoms with E-state index in [1.807, 2.05) is 13.8 Å². The van der Waals surface area contributed by atoms with E-state index in [2.05, 4.69) is 5.32 Å². The average Bonchev–Trinajstić information content (AvgIpc) is 2.11. The number of nitrogens with one attached hydrogen (secondary N) is 1. The van der Waals surface area contributed by atoms with Gasteiger partial charge in [-0.25, -0.2) is 0 Å². The molecule has 0 saturated carbocycles. The predicted molar refractivity (Wildman–Crippen MR) is 63.3 cm³/mol. The lowest BCUT2D eigenvalue weighted by Gasteiger charge is -2.23. The summed E-state index contributed by atoms with van der Waals surface area (Å²) in [5.41, 5.74) is 4.18. The summed E-state index contributed by atoms with van der Waals surface area (Å²) in [5.74, 6) is -1.18. The third-order valence-electron chi connectivity index (χ3n) is 2.24. The molecule has 0 heterocycles. The molecule has 0 aromatic heterocycles. The molecule has 0 fully saturated rings. The first-order chi connectivity index (χ1) is 7.64. The zero-order valence-electron chi connectivity index (χ0n) is 10.6. The molecule has 2 atom stereocenters. The number of nitrogens with two attached hydrogens (primary N) is 1. The molecule has 0 rings (SSSR count). The average molecular weight is 246 g/mol. The molecule has 0 aliphatic heterocycles. The summed E-state index contributed by atoms with van der Waals surface area (Å²) in [4.78, 5) is 22.0. The lowest BCUT2D eigenvalue weighted by atomic mass is 10.0. The smallest absolute Gasteiger partial charge is 0.306 e. The van der Waals surface area contributed by atoms with Crippen molar-refractivity contribution in [2.75, 3.05) is 6.54 Å². The number of carbonyl (C=O) groups is 2. The fourth-order valence-corrected chi connectivity index (χ4v) is 1.41. The van der Waals surface area contributed by atoms with E-state index in [1.54, 1.807) is 0 Å². The van der Waals surface area contributed by atoms with Gasteiger partial charge in [0, 0.05) is 6.54 Å². The molecule has 6 heteroatoms. The SMILES string of the molecule is CC(C)CC(N)C(=O)NCC(C)(O)CC(=O)O. The predicted octanol–water partition coefficient (Wildman–Crippen LogP) is -0.298. The zero-order valence-corrected chi connectivity index (χ0v) is 10.6. The van der Waals surface area contributed by atoms with Gasteiger partial charge in [0.25, 0.3) is 0 Å². The van der Waals surface area contributed by atoms with Crippen LogP contribution in [0.1, 0.15) is 33.6 Å². The minimum Gasteiger partial charge on any atom is -0.481 e. The molecule has 1 amide bonds. The van der Waals surface area contributed by atoms with E-state index in [9.17, 15) is 14.7 Å². The van der Waals surface area contributed by atoms with Gasteiger partial charge in [0.2, 0.25) is 5.91 Å². The Morgan fingerprint density at radius 1 is 1.41 bits per heavy atom. The van der Waals surface area contributed by atoms with Gasteiger partial charge < -0.3 is 21.3 Å². The van der Waals surface area contributed by atoms with Gasteiger partial charge in [0.05, 0.1) is 18.1 Å². The summed E-state index contributed by atoms with van der Waals surface area (Å²) in [7, 11) is 0. The Bertz CT molecular complexity index is 277. The molecule has 5 N–H and O–H groups in total. The monoisotopic (exact) mass is 246 g/mol. The Kier molecular flexibility index (Phi) is 6.12. The van der Waals surface area contributed by atoms with E-state index in [0.29, 0.717) is 12.3 Å². The Labute approximate surface area is 101 Å². The van der Waals surface area contributed by atoms with Crippen molar-refractivity contribution < 1.29 is 19.8 Å². The molecule has 0 bridgehead atoms. The number of amides is 1. The minimum atomic E-state index is -1.46. The quantitative estimate of drug-likeness (QED) is 0.492. The van der Waals surface area contributed by atoms with Crippen LogP contribution in [0.4, 0.5) is 0 Å². The zero-order chi connectivity index (χ0) is 13.6. The topological polar surface area (TPSA) is 113 Å². The largest absolute Gasteiger partial charge is 0.481 e. The van der Waals surface area contributed by atoms with Crippen molar-refractivity contribution in [3.8, 4) is 0 Å². The van der Waals surface area contributed by atoms with Crippen molar-refractivity contribution in [1.29, 1.82) is 0 Å². The van der Waals surface area contributed by atoms with Crippen LogP contribution in [0.15, 0.2) is 0 Å². The van der Waals surface area contributed by atoms with Crippen LogP contribution in [0.25, 0.3) is 0 Å². The Morgan fingerprint density at radius 3 is 2.35 bits per heavy atom. The first kappa shape index (κ1) is 15.9. The number of carboxylic acids is 1. The van der Waals surface area contributed by atoms with Crippen LogP contribution in [0, 0.1) is 5.92 Å². The second-order valence-electron chi connectivity index (χ2n) is 5.02.